The Balaban J connectivity index is 1.94. The van der Waals surface area contributed by atoms with Crippen LogP contribution in [0.15, 0.2) is 30.3 Å². The molecule has 0 atom stereocenters. The number of hydrogen-bond acceptors (Lipinski definition) is 1. The van der Waals surface area contributed by atoms with Crippen LogP contribution in [0.3, 0.4) is 0 Å². The van der Waals surface area contributed by atoms with Crippen molar-refractivity contribution in [2.24, 2.45) is 11.8 Å². The van der Waals surface area contributed by atoms with Gasteiger partial charge in [-0.1, -0.05) is 43.9 Å². The molecular weight excluding hydrogens is 220 g/mol. The Morgan fingerprint density at radius 3 is 2.33 bits per heavy atom. The summed E-state index contributed by atoms with van der Waals surface area (Å²) in [5, 5.41) is 10.4. The second-order valence-electron chi connectivity index (χ2n) is 5.67. The first kappa shape index (κ1) is 13.2. The number of rotatable bonds is 1. The van der Waals surface area contributed by atoms with Crippen molar-refractivity contribution in [3.8, 4) is 11.8 Å². The van der Waals surface area contributed by atoms with Gasteiger partial charge in [0.15, 0.2) is 0 Å². The summed E-state index contributed by atoms with van der Waals surface area (Å²) in [6, 6.07) is 10.1. The van der Waals surface area contributed by atoms with E-state index in [1.165, 1.54) is 0 Å². The molecule has 0 saturated heterocycles. The Kier molecular flexibility index (Phi) is 4.09. The zero-order valence-corrected chi connectivity index (χ0v) is 11.3. The van der Waals surface area contributed by atoms with Gasteiger partial charge in [0.2, 0.25) is 0 Å². The largest absolute Gasteiger partial charge is 0.390 e. The lowest BCUT2D eigenvalue weighted by atomic mass is 9.73. The minimum absolute atomic E-state index is 0.348. The van der Waals surface area contributed by atoms with Crippen LogP contribution in [0.5, 0.6) is 0 Å². The van der Waals surface area contributed by atoms with Crippen LogP contribution in [0.1, 0.15) is 45.1 Å². The highest BCUT2D eigenvalue weighted by Crippen LogP contribution is 2.36. The SMILES string of the molecule is CC(C)C1(O)CCC(C#Cc2ccccc2)CC1. The number of hydrogen-bond donors (Lipinski definition) is 1. The maximum atomic E-state index is 10.4. The minimum atomic E-state index is -0.453. The molecule has 0 amide bonds. The summed E-state index contributed by atoms with van der Waals surface area (Å²) in [6.45, 7) is 4.21. The van der Waals surface area contributed by atoms with Gasteiger partial charge in [-0.05, 0) is 43.7 Å². The van der Waals surface area contributed by atoms with E-state index in [0.29, 0.717) is 11.8 Å². The maximum Gasteiger partial charge on any atom is 0.0671 e. The van der Waals surface area contributed by atoms with E-state index in [2.05, 4.69) is 25.7 Å². The zero-order valence-electron chi connectivity index (χ0n) is 11.3. The molecule has 18 heavy (non-hydrogen) atoms. The summed E-state index contributed by atoms with van der Waals surface area (Å²) in [5.74, 6) is 7.39. The first-order valence-corrected chi connectivity index (χ1v) is 6.89. The average Bonchev–Trinajstić information content (AvgIpc) is 2.39. The Hall–Kier alpha value is -1.26. The van der Waals surface area contributed by atoms with Gasteiger partial charge in [-0.15, -0.1) is 0 Å². The molecule has 1 aromatic carbocycles. The summed E-state index contributed by atoms with van der Waals surface area (Å²) in [5.41, 5.74) is 0.632. The summed E-state index contributed by atoms with van der Waals surface area (Å²) in [4.78, 5) is 0. The molecular formula is C17H22O. The van der Waals surface area contributed by atoms with E-state index < -0.39 is 5.60 Å². The van der Waals surface area contributed by atoms with E-state index in [1.54, 1.807) is 0 Å². The number of aliphatic hydroxyl groups is 1. The van der Waals surface area contributed by atoms with Crippen LogP contribution in [0.2, 0.25) is 0 Å². The fraction of sp³-hybridized carbons (Fsp3) is 0.529. The molecule has 0 spiro atoms. The molecule has 1 aromatic rings. The molecule has 96 valence electrons. The third kappa shape index (κ3) is 3.15. The lowest BCUT2D eigenvalue weighted by Gasteiger charge is -2.37. The Morgan fingerprint density at radius 1 is 1.17 bits per heavy atom. The van der Waals surface area contributed by atoms with Crippen molar-refractivity contribution in [2.75, 3.05) is 0 Å². The molecule has 0 unspecified atom stereocenters. The molecule has 2 rings (SSSR count). The Morgan fingerprint density at radius 2 is 1.78 bits per heavy atom. The fourth-order valence-corrected chi connectivity index (χ4v) is 2.55. The first-order chi connectivity index (χ1) is 8.60. The van der Waals surface area contributed by atoms with Crippen LogP contribution in [-0.2, 0) is 0 Å². The fourth-order valence-electron chi connectivity index (χ4n) is 2.55. The van der Waals surface area contributed by atoms with Gasteiger partial charge in [0.05, 0.1) is 5.60 Å². The van der Waals surface area contributed by atoms with Crippen LogP contribution < -0.4 is 0 Å². The molecule has 0 heterocycles. The van der Waals surface area contributed by atoms with E-state index in [1.807, 2.05) is 30.3 Å². The van der Waals surface area contributed by atoms with Crippen molar-refractivity contribution in [2.45, 2.75) is 45.1 Å². The summed E-state index contributed by atoms with van der Waals surface area (Å²) in [6.07, 6.45) is 3.82. The highest BCUT2D eigenvalue weighted by atomic mass is 16.3. The predicted octanol–water partition coefficient (Wildman–Crippen LogP) is 3.62. The molecule has 1 nitrogen and oxygen atoms in total. The molecule has 1 N–H and O–H groups in total. The van der Waals surface area contributed by atoms with Crippen molar-refractivity contribution < 1.29 is 5.11 Å². The summed E-state index contributed by atoms with van der Waals surface area (Å²) < 4.78 is 0. The molecule has 1 aliphatic carbocycles. The van der Waals surface area contributed by atoms with E-state index in [0.717, 1.165) is 31.2 Å². The van der Waals surface area contributed by atoms with Crippen LogP contribution in [-0.4, -0.2) is 10.7 Å². The monoisotopic (exact) mass is 242 g/mol. The number of benzene rings is 1. The normalized spacial score (nSPS) is 27.7. The predicted molar refractivity (Wildman–Crippen MR) is 75.1 cm³/mol. The second-order valence-corrected chi connectivity index (χ2v) is 5.67. The lowest BCUT2D eigenvalue weighted by molar-refractivity contribution is -0.0428. The van der Waals surface area contributed by atoms with Crippen molar-refractivity contribution in [1.82, 2.24) is 0 Å². The van der Waals surface area contributed by atoms with E-state index in [9.17, 15) is 5.11 Å². The first-order valence-electron chi connectivity index (χ1n) is 6.89. The van der Waals surface area contributed by atoms with Gasteiger partial charge in [-0.3, -0.25) is 0 Å². The lowest BCUT2D eigenvalue weighted by Crippen LogP contribution is -2.38. The van der Waals surface area contributed by atoms with Gasteiger partial charge in [0.1, 0.15) is 0 Å². The smallest absolute Gasteiger partial charge is 0.0671 e. The van der Waals surface area contributed by atoms with E-state index >= 15 is 0 Å². The minimum Gasteiger partial charge on any atom is -0.390 e. The van der Waals surface area contributed by atoms with Crippen LogP contribution >= 0.6 is 0 Å². The molecule has 1 aliphatic rings. The van der Waals surface area contributed by atoms with Gasteiger partial charge in [0.25, 0.3) is 0 Å². The van der Waals surface area contributed by atoms with Crippen LogP contribution in [0.4, 0.5) is 0 Å². The third-order valence-electron chi connectivity index (χ3n) is 4.12. The van der Waals surface area contributed by atoms with E-state index in [-0.39, 0.29) is 0 Å². The second kappa shape index (κ2) is 5.59. The average molecular weight is 242 g/mol. The van der Waals surface area contributed by atoms with Gasteiger partial charge in [-0.2, -0.15) is 0 Å². The Labute approximate surface area is 110 Å². The Bertz CT molecular complexity index is 428. The van der Waals surface area contributed by atoms with E-state index in [4.69, 9.17) is 0 Å². The standard InChI is InChI=1S/C17H22O/c1-14(2)17(18)12-10-16(11-13-17)9-8-15-6-4-3-5-7-15/h3-7,14,16,18H,10-13H2,1-2H3. The molecule has 1 fully saturated rings. The molecule has 0 bridgehead atoms. The van der Waals surface area contributed by atoms with Gasteiger partial charge >= 0.3 is 0 Å². The highest BCUT2D eigenvalue weighted by molar-refractivity contribution is 5.34. The molecule has 0 radical (unpaired) electrons. The maximum absolute atomic E-state index is 10.4. The summed E-state index contributed by atoms with van der Waals surface area (Å²) >= 11 is 0. The van der Waals surface area contributed by atoms with Gasteiger partial charge in [-0.25, -0.2) is 0 Å². The van der Waals surface area contributed by atoms with Crippen molar-refractivity contribution in [3.63, 3.8) is 0 Å². The van der Waals surface area contributed by atoms with Crippen LogP contribution in [0.25, 0.3) is 0 Å². The quantitative estimate of drug-likeness (QED) is 0.746. The van der Waals surface area contributed by atoms with Gasteiger partial charge < -0.3 is 5.11 Å². The van der Waals surface area contributed by atoms with Crippen molar-refractivity contribution >= 4 is 0 Å². The van der Waals surface area contributed by atoms with Crippen LogP contribution in [0, 0.1) is 23.7 Å². The van der Waals surface area contributed by atoms with Crippen molar-refractivity contribution in [1.29, 1.82) is 0 Å². The topological polar surface area (TPSA) is 20.2 Å². The van der Waals surface area contributed by atoms with Crippen molar-refractivity contribution in [3.05, 3.63) is 35.9 Å². The third-order valence-corrected chi connectivity index (χ3v) is 4.12. The zero-order chi connectivity index (χ0) is 13.0. The molecule has 1 saturated carbocycles. The molecule has 1 heteroatoms. The summed E-state index contributed by atoms with van der Waals surface area (Å²) in [7, 11) is 0. The molecule has 0 aliphatic heterocycles. The molecule has 0 aromatic heterocycles. The highest BCUT2D eigenvalue weighted by Gasteiger charge is 2.35. The van der Waals surface area contributed by atoms with Gasteiger partial charge in [0, 0.05) is 11.5 Å².